The number of piperidine rings is 1. The molecule has 0 amide bonds. The van der Waals surface area contributed by atoms with Gasteiger partial charge in [0.1, 0.15) is 0 Å². The summed E-state index contributed by atoms with van der Waals surface area (Å²) < 4.78 is 0. The van der Waals surface area contributed by atoms with E-state index >= 15 is 0 Å². The predicted molar refractivity (Wildman–Crippen MR) is 46.4 cm³/mol. The van der Waals surface area contributed by atoms with E-state index in [-0.39, 0.29) is 0 Å². The maximum atomic E-state index is 6.06. The minimum absolute atomic E-state index is 0.499. The molecule has 3 atom stereocenters. The van der Waals surface area contributed by atoms with Gasteiger partial charge in [0.15, 0.2) is 0 Å². The van der Waals surface area contributed by atoms with Gasteiger partial charge in [-0.05, 0) is 32.2 Å². The number of nitrogens with zero attached hydrogens (tertiary/aromatic N) is 1. The molecule has 2 bridgehead atoms. The highest BCUT2D eigenvalue weighted by Gasteiger charge is 2.33. The Morgan fingerprint density at radius 2 is 2.18 bits per heavy atom. The van der Waals surface area contributed by atoms with Crippen LogP contribution in [0.3, 0.4) is 0 Å². The third-order valence-corrected chi connectivity index (χ3v) is 3.41. The summed E-state index contributed by atoms with van der Waals surface area (Å²) >= 11 is 0. The molecular formula is C9H18N2. The SMILES string of the molecule is CN1CC2CCCC1CC2N. The summed E-state index contributed by atoms with van der Waals surface area (Å²) in [5, 5.41) is 0. The molecule has 2 N–H and O–H groups in total. The van der Waals surface area contributed by atoms with E-state index in [4.69, 9.17) is 5.73 Å². The average molecular weight is 154 g/mol. The normalized spacial score (nSPS) is 45.8. The number of fused-ring (bicyclic) bond motifs is 4. The summed E-state index contributed by atoms with van der Waals surface area (Å²) in [4.78, 5) is 2.50. The molecule has 2 heterocycles. The third kappa shape index (κ3) is 1.30. The zero-order valence-electron chi connectivity index (χ0n) is 7.29. The molecule has 11 heavy (non-hydrogen) atoms. The van der Waals surface area contributed by atoms with Crippen LogP contribution in [0, 0.1) is 5.92 Å². The minimum atomic E-state index is 0.499. The van der Waals surface area contributed by atoms with Gasteiger partial charge in [0, 0.05) is 18.6 Å². The van der Waals surface area contributed by atoms with Gasteiger partial charge in [0.25, 0.3) is 0 Å². The Morgan fingerprint density at radius 3 is 3.00 bits per heavy atom. The minimum Gasteiger partial charge on any atom is -0.327 e. The molecule has 3 unspecified atom stereocenters. The molecule has 0 aromatic rings. The fourth-order valence-electron chi connectivity index (χ4n) is 2.60. The Balaban J connectivity index is 2.12. The van der Waals surface area contributed by atoms with Gasteiger partial charge in [0.05, 0.1) is 0 Å². The Morgan fingerprint density at radius 1 is 1.36 bits per heavy atom. The van der Waals surface area contributed by atoms with Crippen molar-refractivity contribution in [1.82, 2.24) is 4.90 Å². The maximum Gasteiger partial charge on any atom is 0.0107 e. The molecule has 3 rings (SSSR count). The summed E-state index contributed by atoms with van der Waals surface area (Å²) in [5.41, 5.74) is 6.06. The molecule has 3 fully saturated rings. The molecule has 2 nitrogen and oxygen atoms in total. The van der Waals surface area contributed by atoms with E-state index in [1.54, 1.807) is 0 Å². The van der Waals surface area contributed by atoms with Gasteiger partial charge in [0.2, 0.25) is 0 Å². The Kier molecular flexibility index (Phi) is 1.90. The van der Waals surface area contributed by atoms with Gasteiger partial charge < -0.3 is 10.6 Å². The van der Waals surface area contributed by atoms with Gasteiger partial charge >= 0.3 is 0 Å². The van der Waals surface area contributed by atoms with E-state index in [1.165, 1.54) is 32.2 Å². The van der Waals surface area contributed by atoms with Gasteiger partial charge in [-0.1, -0.05) is 6.42 Å². The largest absolute Gasteiger partial charge is 0.327 e. The van der Waals surface area contributed by atoms with Crippen LogP contribution in [-0.4, -0.2) is 30.6 Å². The van der Waals surface area contributed by atoms with Crippen molar-refractivity contribution in [2.45, 2.75) is 37.8 Å². The lowest BCUT2D eigenvalue weighted by Crippen LogP contribution is -2.48. The van der Waals surface area contributed by atoms with Crippen molar-refractivity contribution >= 4 is 0 Å². The Labute approximate surface area is 68.7 Å². The second-order valence-electron chi connectivity index (χ2n) is 4.18. The fourth-order valence-corrected chi connectivity index (χ4v) is 2.60. The third-order valence-electron chi connectivity index (χ3n) is 3.41. The molecule has 1 saturated carbocycles. The second-order valence-corrected chi connectivity index (χ2v) is 4.18. The van der Waals surface area contributed by atoms with Crippen molar-refractivity contribution in [3.05, 3.63) is 0 Å². The van der Waals surface area contributed by atoms with E-state index in [0.29, 0.717) is 6.04 Å². The first-order chi connectivity index (χ1) is 5.27. The number of hydrogen-bond acceptors (Lipinski definition) is 2. The quantitative estimate of drug-likeness (QED) is 0.559. The lowest BCUT2D eigenvalue weighted by atomic mass is 9.90. The molecule has 2 heteroatoms. The topological polar surface area (TPSA) is 29.3 Å². The molecule has 2 aliphatic heterocycles. The van der Waals surface area contributed by atoms with Crippen LogP contribution in [-0.2, 0) is 0 Å². The molecule has 1 aliphatic carbocycles. The van der Waals surface area contributed by atoms with Crippen LogP contribution < -0.4 is 5.73 Å². The first-order valence-electron chi connectivity index (χ1n) is 4.73. The van der Waals surface area contributed by atoms with Crippen molar-refractivity contribution in [3.8, 4) is 0 Å². The number of rotatable bonds is 0. The summed E-state index contributed by atoms with van der Waals surface area (Å²) in [5.74, 6) is 0.791. The molecule has 3 aliphatic rings. The smallest absolute Gasteiger partial charge is 0.0107 e. The molecule has 2 saturated heterocycles. The van der Waals surface area contributed by atoms with Crippen LogP contribution in [0.4, 0.5) is 0 Å². The fraction of sp³-hybridized carbons (Fsp3) is 1.00. The lowest BCUT2D eigenvalue weighted by molar-refractivity contribution is 0.138. The Bertz CT molecular complexity index is 130. The van der Waals surface area contributed by atoms with Crippen LogP contribution in [0.15, 0.2) is 0 Å². The van der Waals surface area contributed by atoms with E-state index in [9.17, 15) is 0 Å². The van der Waals surface area contributed by atoms with E-state index in [2.05, 4.69) is 11.9 Å². The van der Waals surface area contributed by atoms with E-state index in [0.717, 1.165) is 12.0 Å². The summed E-state index contributed by atoms with van der Waals surface area (Å²) in [6.45, 7) is 1.24. The molecule has 0 aromatic carbocycles. The molecule has 0 aromatic heterocycles. The van der Waals surface area contributed by atoms with Crippen LogP contribution in [0.2, 0.25) is 0 Å². The average Bonchev–Trinajstić information content (AvgIpc) is 2.21. The number of hydrogen-bond donors (Lipinski definition) is 1. The van der Waals surface area contributed by atoms with Crippen molar-refractivity contribution in [2.24, 2.45) is 11.7 Å². The van der Waals surface area contributed by atoms with Crippen molar-refractivity contribution < 1.29 is 0 Å². The highest BCUT2D eigenvalue weighted by atomic mass is 15.1. The van der Waals surface area contributed by atoms with Gasteiger partial charge in [-0.2, -0.15) is 0 Å². The summed E-state index contributed by atoms with van der Waals surface area (Å²) in [7, 11) is 2.24. The molecule has 0 radical (unpaired) electrons. The highest BCUT2D eigenvalue weighted by Crippen LogP contribution is 2.31. The van der Waals surface area contributed by atoms with Crippen LogP contribution in [0.25, 0.3) is 0 Å². The van der Waals surface area contributed by atoms with Crippen LogP contribution >= 0.6 is 0 Å². The van der Waals surface area contributed by atoms with Crippen molar-refractivity contribution in [2.75, 3.05) is 13.6 Å². The molecule has 0 spiro atoms. The van der Waals surface area contributed by atoms with Gasteiger partial charge in [-0.25, -0.2) is 0 Å². The van der Waals surface area contributed by atoms with Gasteiger partial charge in [-0.3, -0.25) is 0 Å². The standard InChI is InChI=1S/C9H18N2/c1-11-6-7-3-2-4-8(11)5-9(7)10/h7-9H,2-6,10H2,1H3. The summed E-state index contributed by atoms with van der Waals surface area (Å²) in [6, 6.07) is 1.29. The molecule has 64 valence electrons. The van der Waals surface area contributed by atoms with E-state index < -0.39 is 0 Å². The zero-order chi connectivity index (χ0) is 7.84. The predicted octanol–water partition coefficient (Wildman–Crippen LogP) is 0.818. The van der Waals surface area contributed by atoms with Crippen molar-refractivity contribution in [3.63, 3.8) is 0 Å². The van der Waals surface area contributed by atoms with Crippen molar-refractivity contribution in [1.29, 1.82) is 0 Å². The first-order valence-corrected chi connectivity index (χ1v) is 4.73. The molecular weight excluding hydrogens is 136 g/mol. The summed E-state index contributed by atoms with van der Waals surface area (Å²) in [6.07, 6.45) is 5.37. The van der Waals surface area contributed by atoms with E-state index in [1.807, 2.05) is 0 Å². The first kappa shape index (κ1) is 7.56. The maximum absolute atomic E-state index is 6.06. The second kappa shape index (κ2) is 2.76. The lowest BCUT2D eigenvalue weighted by Gasteiger charge is -2.37. The number of nitrogens with two attached hydrogens (primary N) is 1. The highest BCUT2D eigenvalue weighted by molar-refractivity contribution is 4.91. The van der Waals surface area contributed by atoms with Crippen LogP contribution in [0.1, 0.15) is 25.7 Å². The van der Waals surface area contributed by atoms with Gasteiger partial charge in [-0.15, -0.1) is 0 Å². The Hall–Kier alpha value is -0.0800. The van der Waals surface area contributed by atoms with Crippen LogP contribution in [0.5, 0.6) is 0 Å². The monoisotopic (exact) mass is 154 g/mol. The zero-order valence-corrected chi connectivity index (χ0v) is 7.29.